The van der Waals surface area contributed by atoms with Gasteiger partial charge in [0, 0.05) is 31.1 Å². The maximum absolute atomic E-state index is 12.3. The van der Waals surface area contributed by atoms with E-state index in [0.717, 1.165) is 11.4 Å². The van der Waals surface area contributed by atoms with Gasteiger partial charge in [-0.2, -0.15) is 0 Å². The van der Waals surface area contributed by atoms with Gasteiger partial charge in [0.1, 0.15) is 5.75 Å². The van der Waals surface area contributed by atoms with Crippen LogP contribution < -0.4 is 20.3 Å². The predicted octanol–water partition coefficient (Wildman–Crippen LogP) is 3.52. The highest BCUT2D eigenvalue weighted by molar-refractivity contribution is 6.33. The van der Waals surface area contributed by atoms with Crippen LogP contribution in [0.25, 0.3) is 0 Å². The van der Waals surface area contributed by atoms with Gasteiger partial charge in [-0.25, -0.2) is 4.79 Å². The van der Waals surface area contributed by atoms with Crippen LogP contribution in [0, 0.1) is 5.92 Å². The molecule has 0 bridgehead atoms. The van der Waals surface area contributed by atoms with Crippen molar-refractivity contribution < 1.29 is 14.3 Å². The van der Waals surface area contributed by atoms with E-state index < -0.39 is 0 Å². The van der Waals surface area contributed by atoms with E-state index in [0.29, 0.717) is 30.2 Å². The van der Waals surface area contributed by atoms with Crippen LogP contribution >= 0.6 is 11.6 Å². The van der Waals surface area contributed by atoms with Gasteiger partial charge in [-0.15, -0.1) is 0 Å². The minimum Gasteiger partial charge on any atom is -0.497 e. The molecular formula is C19H20ClN3O3. The molecule has 0 aliphatic carbocycles. The Morgan fingerprint density at radius 3 is 2.65 bits per heavy atom. The number of carbonyl (C=O) groups is 2. The van der Waals surface area contributed by atoms with Crippen molar-refractivity contribution in [1.29, 1.82) is 0 Å². The molecule has 0 aromatic heterocycles. The molecule has 6 nitrogen and oxygen atoms in total. The van der Waals surface area contributed by atoms with Crippen molar-refractivity contribution >= 4 is 34.9 Å². The molecule has 0 radical (unpaired) electrons. The van der Waals surface area contributed by atoms with Crippen LogP contribution in [0.4, 0.5) is 16.2 Å². The molecule has 7 heteroatoms. The van der Waals surface area contributed by atoms with E-state index in [2.05, 4.69) is 10.6 Å². The van der Waals surface area contributed by atoms with E-state index in [1.165, 1.54) is 0 Å². The van der Waals surface area contributed by atoms with Crippen molar-refractivity contribution in [3.63, 3.8) is 0 Å². The van der Waals surface area contributed by atoms with E-state index in [1.54, 1.807) is 36.3 Å². The van der Waals surface area contributed by atoms with E-state index >= 15 is 0 Å². The number of anilines is 2. The fraction of sp³-hybridized carbons (Fsp3) is 0.263. The summed E-state index contributed by atoms with van der Waals surface area (Å²) in [4.78, 5) is 26.0. The van der Waals surface area contributed by atoms with Crippen molar-refractivity contribution in [1.82, 2.24) is 5.32 Å². The van der Waals surface area contributed by atoms with Crippen molar-refractivity contribution in [2.75, 3.05) is 30.4 Å². The number of hydrogen-bond acceptors (Lipinski definition) is 3. The van der Waals surface area contributed by atoms with Gasteiger partial charge in [0.2, 0.25) is 5.91 Å². The first kappa shape index (κ1) is 18.1. The third-order valence-electron chi connectivity index (χ3n) is 4.26. The predicted molar refractivity (Wildman–Crippen MR) is 102 cm³/mol. The van der Waals surface area contributed by atoms with Crippen LogP contribution in [0.1, 0.15) is 6.42 Å². The Balaban J connectivity index is 1.52. The molecule has 0 saturated carbocycles. The highest BCUT2D eigenvalue weighted by atomic mass is 35.5. The summed E-state index contributed by atoms with van der Waals surface area (Å²) in [5.41, 5.74) is 1.38. The Morgan fingerprint density at radius 2 is 1.96 bits per heavy atom. The van der Waals surface area contributed by atoms with E-state index in [4.69, 9.17) is 16.3 Å². The molecule has 2 aromatic rings. The third kappa shape index (κ3) is 4.26. The molecule has 1 atom stereocenters. The maximum Gasteiger partial charge on any atom is 0.319 e. The Bertz CT molecular complexity index is 795. The minimum absolute atomic E-state index is 0.0495. The van der Waals surface area contributed by atoms with Gasteiger partial charge in [0.05, 0.1) is 17.8 Å². The Labute approximate surface area is 157 Å². The van der Waals surface area contributed by atoms with Gasteiger partial charge in [-0.05, 0) is 36.4 Å². The summed E-state index contributed by atoms with van der Waals surface area (Å²) < 4.78 is 5.13. The van der Waals surface area contributed by atoms with Gasteiger partial charge in [-0.1, -0.05) is 23.7 Å². The number of benzene rings is 2. The van der Waals surface area contributed by atoms with Crippen LogP contribution in [0.15, 0.2) is 48.5 Å². The smallest absolute Gasteiger partial charge is 0.319 e. The topological polar surface area (TPSA) is 70.7 Å². The van der Waals surface area contributed by atoms with Gasteiger partial charge in [-0.3, -0.25) is 4.79 Å². The Kier molecular flexibility index (Phi) is 5.63. The average molecular weight is 374 g/mol. The van der Waals surface area contributed by atoms with Crippen LogP contribution in [0.2, 0.25) is 5.02 Å². The first-order valence-electron chi connectivity index (χ1n) is 8.30. The van der Waals surface area contributed by atoms with E-state index in [9.17, 15) is 9.59 Å². The first-order chi connectivity index (χ1) is 12.6. The number of methoxy groups -OCH3 is 1. The molecule has 1 aliphatic heterocycles. The second-order valence-electron chi connectivity index (χ2n) is 6.09. The van der Waals surface area contributed by atoms with Gasteiger partial charge in [0.25, 0.3) is 0 Å². The normalized spacial score (nSPS) is 16.5. The Morgan fingerprint density at radius 1 is 1.23 bits per heavy atom. The number of rotatable bonds is 5. The summed E-state index contributed by atoms with van der Waals surface area (Å²) >= 11 is 6.02. The summed E-state index contributed by atoms with van der Waals surface area (Å²) in [7, 11) is 1.60. The largest absolute Gasteiger partial charge is 0.497 e. The number of hydrogen-bond donors (Lipinski definition) is 2. The first-order valence-corrected chi connectivity index (χ1v) is 8.68. The van der Waals surface area contributed by atoms with Crippen LogP contribution in [-0.2, 0) is 4.79 Å². The standard InChI is InChI=1S/C19H20ClN3O3/c1-26-15-8-6-14(7-9-15)23-12-13(10-18(23)24)11-21-19(25)22-17-5-3-2-4-16(17)20/h2-9,13H,10-12H2,1H3,(H2,21,22,25)/t13-/m0/s1. The molecule has 2 aromatic carbocycles. The zero-order valence-electron chi connectivity index (χ0n) is 14.4. The number of ether oxygens (including phenoxy) is 1. The lowest BCUT2D eigenvalue weighted by molar-refractivity contribution is -0.117. The van der Waals surface area contributed by atoms with Crippen molar-refractivity contribution in [2.45, 2.75) is 6.42 Å². The molecule has 0 spiro atoms. The fourth-order valence-electron chi connectivity index (χ4n) is 2.90. The summed E-state index contributed by atoms with van der Waals surface area (Å²) in [5, 5.41) is 5.99. The second kappa shape index (κ2) is 8.10. The number of halogens is 1. The quantitative estimate of drug-likeness (QED) is 0.842. The average Bonchev–Trinajstić information content (AvgIpc) is 3.03. The van der Waals surface area contributed by atoms with Crippen molar-refractivity contribution in [3.05, 3.63) is 53.6 Å². The molecule has 0 unspecified atom stereocenters. The minimum atomic E-state index is -0.339. The van der Waals surface area contributed by atoms with E-state index in [1.807, 2.05) is 24.3 Å². The molecule has 1 heterocycles. The molecule has 1 fully saturated rings. The molecule has 1 aliphatic rings. The van der Waals surface area contributed by atoms with Gasteiger partial charge >= 0.3 is 6.03 Å². The summed E-state index contributed by atoms with van der Waals surface area (Å²) in [5.74, 6) is 0.852. The highest BCUT2D eigenvalue weighted by Gasteiger charge is 2.30. The number of urea groups is 1. The lowest BCUT2D eigenvalue weighted by Gasteiger charge is -2.17. The lowest BCUT2D eigenvalue weighted by Crippen LogP contribution is -2.34. The number of carbonyl (C=O) groups excluding carboxylic acids is 2. The number of nitrogens with one attached hydrogen (secondary N) is 2. The van der Waals surface area contributed by atoms with Crippen molar-refractivity contribution in [3.8, 4) is 5.75 Å². The summed E-state index contributed by atoms with van der Waals surface area (Å²) in [6.07, 6.45) is 0.401. The zero-order valence-corrected chi connectivity index (χ0v) is 15.1. The van der Waals surface area contributed by atoms with Gasteiger partial charge < -0.3 is 20.3 Å². The number of amides is 3. The zero-order chi connectivity index (χ0) is 18.5. The third-order valence-corrected chi connectivity index (χ3v) is 4.59. The van der Waals surface area contributed by atoms with Crippen LogP contribution in [-0.4, -0.2) is 32.1 Å². The molecular weight excluding hydrogens is 354 g/mol. The van der Waals surface area contributed by atoms with Gasteiger partial charge in [0.15, 0.2) is 0 Å². The fourth-order valence-corrected chi connectivity index (χ4v) is 3.08. The molecule has 136 valence electrons. The SMILES string of the molecule is COc1ccc(N2C[C@H](CNC(=O)Nc3ccccc3Cl)CC2=O)cc1. The molecule has 1 saturated heterocycles. The molecule has 3 amide bonds. The van der Waals surface area contributed by atoms with Crippen LogP contribution in [0.3, 0.4) is 0 Å². The maximum atomic E-state index is 12.3. The lowest BCUT2D eigenvalue weighted by atomic mass is 10.1. The molecule has 3 rings (SSSR count). The molecule has 26 heavy (non-hydrogen) atoms. The monoisotopic (exact) mass is 373 g/mol. The van der Waals surface area contributed by atoms with E-state index in [-0.39, 0.29) is 17.9 Å². The second-order valence-corrected chi connectivity index (χ2v) is 6.49. The number of nitrogens with zero attached hydrogens (tertiary/aromatic N) is 1. The summed E-state index contributed by atoms with van der Waals surface area (Å²) in [6, 6.07) is 14.1. The summed E-state index contributed by atoms with van der Waals surface area (Å²) in [6.45, 7) is 0.978. The number of para-hydroxylation sites is 1. The van der Waals surface area contributed by atoms with Crippen LogP contribution in [0.5, 0.6) is 5.75 Å². The molecule has 2 N–H and O–H groups in total. The van der Waals surface area contributed by atoms with Crippen molar-refractivity contribution in [2.24, 2.45) is 5.92 Å². The highest BCUT2D eigenvalue weighted by Crippen LogP contribution is 2.26. The Hall–Kier alpha value is -2.73.